The Labute approximate surface area is 60.2 Å². The second-order valence-corrected chi connectivity index (χ2v) is 2.74. The third-order valence-corrected chi connectivity index (χ3v) is 1.81. The topological polar surface area (TPSA) is 60.8 Å². The van der Waals surface area contributed by atoms with Crippen molar-refractivity contribution >= 4 is 0 Å². The Kier molecular flexibility index (Phi) is 2.54. The number of piperidine rings is 1. The summed E-state index contributed by atoms with van der Waals surface area (Å²) < 4.78 is 0. The van der Waals surface area contributed by atoms with E-state index in [1.54, 1.807) is 0 Å². The van der Waals surface area contributed by atoms with Gasteiger partial charge in [0.2, 0.25) is 0 Å². The van der Waals surface area contributed by atoms with Crippen molar-refractivity contribution in [3.8, 4) is 0 Å². The third kappa shape index (κ3) is 1.90. The molecule has 2 atom stereocenters. The summed E-state index contributed by atoms with van der Waals surface area (Å²) in [5.74, 6) is 0. The molecule has 56 valence electrons. The van der Waals surface area contributed by atoms with E-state index in [-0.39, 0.29) is 6.04 Å². The SMILES string of the molecule is CC1CC(N=[N+]=[N-])CCN1. The Morgan fingerprint density at radius 1 is 1.70 bits per heavy atom. The number of hydrogen-bond donors (Lipinski definition) is 1. The molecule has 4 heteroatoms. The number of nitrogens with zero attached hydrogens (tertiary/aromatic N) is 3. The van der Waals surface area contributed by atoms with Crippen LogP contribution in [0, 0.1) is 0 Å². The zero-order valence-electron chi connectivity index (χ0n) is 6.12. The van der Waals surface area contributed by atoms with Crippen LogP contribution in [0.5, 0.6) is 0 Å². The summed E-state index contributed by atoms with van der Waals surface area (Å²) >= 11 is 0. The molecule has 0 spiro atoms. The van der Waals surface area contributed by atoms with Gasteiger partial charge in [-0.3, -0.25) is 0 Å². The van der Waals surface area contributed by atoms with Crippen LogP contribution in [0.2, 0.25) is 0 Å². The Hall–Kier alpha value is -0.730. The number of nitrogens with one attached hydrogen (secondary N) is 1. The normalized spacial score (nSPS) is 32.9. The van der Waals surface area contributed by atoms with Gasteiger partial charge in [-0.25, -0.2) is 0 Å². The van der Waals surface area contributed by atoms with Gasteiger partial charge in [0.15, 0.2) is 0 Å². The molecule has 0 aromatic heterocycles. The number of rotatable bonds is 1. The van der Waals surface area contributed by atoms with E-state index in [9.17, 15) is 0 Å². The Balaban J connectivity index is 2.39. The minimum absolute atomic E-state index is 0.223. The molecule has 4 nitrogen and oxygen atoms in total. The van der Waals surface area contributed by atoms with Crippen LogP contribution < -0.4 is 5.32 Å². The minimum atomic E-state index is 0.223. The summed E-state index contributed by atoms with van der Waals surface area (Å²) in [6.45, 7) is 3.09. The average molecular weight is 140 g/mol. The van der Waals surface area contributed by atoms with E-state index in [1.165, 1.54) is 0 Å². The fraction of sp³-hybridized carbons (Fsp3) is 1.00. The Morgan fingerprint density at radius 3 is 3.10 bits per heavy atom. The molecule has 1 aliphatic rings. The molecule has 2 unspecified atom stereocenters. The van der Waals surface area contributed by atoms with E-state index in [0.717, 1.165) is 19.4 Å². The maximum absolute atomic E-state index is 8.14. The van der Waals surface area contributed by atoms with Crippen LogP contribution in [0.4, 0.5) is 0 Å². The second-order valence-electron chi connectivity index (χ2n) is 2.74. The monoisotopic (exact) mass is 140 g/mol. The highest BCUT2D eigenvalue weighted by atomic mass is 15.2. The molecule has 0 radical (unpaired) electrons. The lowest BCUT2D eigenvalue weighted by Crippen LogP contribution is -2.37. The lowest BCUT2D eigenvalue weighted by molar-refractivity contribution is 0.380. The predicted octanol–water partition coefficient (Wildman–Crippen LogP) is 1.44. The molecule has 1 heterocycles. The zero-order chi connectivity index (χ0) is 7.40. The van der Waals surface area contributed by atoms with Gasteiger partial charge in [-0.2, -0.15) is 0 Å². The molecule has 0 aromatic rings. The zero-order valence-corrected chi connectivity index (χ0v) is 6.12. The molecule has 1 aliphatic heterocycles. The van der Waals surface area contributed by atoms with Crippen LogP contribution in [0.1, 0.15) is 19.8 Å². The smallest absolute Gasteiger partial charge is 0.0400 e. The van der Waals surface area contributed by atoms with E-state index in [1.807, 2.05) is 0 Å². The van der Waals surface area contributed by atoms with E-state index in [2.05, 4.69) is 22.3 Å². The lowest BCUT2D eigenvalue weighted by atomic mass is 10.0. The highest BCUT2D eigenvalue weighted by Crippen LogP contribution is 2.11. The summed E-state index contributed by atoms with van der Waals surface area (Å²) in [4.78, 5) is 2.79. The van der Waals surface area contributed by atoms with Gasteiger partial charge in [-0.1, -0.05) is 5.11 Å². The molecule has 10 heavy (non-hydrogen) atoms. The van der Waals surface area contributed by atoms with E-state index in [0.29, 0.717) is 6.04 Å². The maximum atomic E-state index is 8.14. The first-order valence-corrected chi connectivity index (χ1v) is 3.60. The van der Waals surface area contributed by atoms with Gasteiger partial charge in [0.05, 0.1) is 0 Å². The highest BCUT2D eigenvalue weighted by Gasteiger charge is 2.15. The molecule has 1 rings (SSSR count). The maximum Gasteiger partial charge on any atom is 0.0400 e. The van der Waals surface area contributed by atoms with E-state index >= 15 is 0 Å². The van der Waals surface area contributed by atoms with Gasteiger partial charge >= 0.3 is 0 Å². The van der Waals surface area contributed by atoms with Gasteiger partial charge in [-0.15, -0.1) is 0 Å². The largest absolute Gasteiger partial charge is 0.314 e. The van der Waals surface area contributed by atoms with Crippen molar-refractivity contribution in [3.63, 3.8) is 0 Å². The molecule has 1 fully saturated rings. The van der Waals surface area contributed by atoms with Crippen molar-refractivity contribution in [2.24, 2.45) is 5.11 Å². The van der Waals surface area contributed by atoms with Gasteiger partial charge in [0.1, 0.15) is 0 Å². The molecular weight excluding hydrogens is 128 g/mol. The third-order valence-electron chi connectivity index (χ3n) is 1.81. The van der Waals surface area contributed by atoms with Gasteiger partial charge in [0, 0.05) is 17.0 Å². The van der Waals surface area contributed by atoms with Crippen LogP contribution in [0.3, 0.4) is 0 Å². The van der Waals surface area contributed by atoms with Gasteiger partial charge in [0.25, 0.3) is 0 Å². The van der Waals surface area contributed by atoms with Gasteiger partial charge in [-0.05, 0) is 31.8 Å². The molecule has 0 amide bonds. The average Bonchev–Trinajstić information content (AvgIpc) is 1.88. The molecular formula is C6H12N4. The number of azide groups is 1. The van der Waals surface area contributed by atoms with Crippen molar-refractivity contribution in [2.75, 3.05) is 6.54 Å². The summed E-state index contributed by atoms with van der Waals surface area (Å²) in [5, 5.41) is 6.96. The van der Waals surface area contributed by atoms with Gasteiger partial charge < -0.3 is 5.32 Å². The van der Waals surface area contributed by atoms with Crippen molar-refractivity contribution in [2.45, 2.75) is 31.8 Å². The van der Waals surface area contributed by atoms with Crippen molar-refractivity contribution < 1.29 is 0 Å². The minimum Gasteiger partial charge on any atom is -0.314 e. The quantitative estimate of drug-likeness (QED) is 0.334. The molecule has 0 saturated carbocycles. The van der Waals surface area contributed by atoms with Crippen LogP contribution in [-0.2, 0) is 0 Å². The standard InChI is InChI=1S/C6H12N4/c1-5-4-6(9-10-7)2-3-8-5/h5-6,8H,2-4H2,1H3. The lowest BCUT2D eigenvalue weighted by Gasteiger charge is -2.24. The molecule has 0 aromatic carbocycles. The summed E-state index contributed by atoms with van der Waals surface area (Å²) in [6.07, 6.45) is 1.96. The number of hydrogen-bond acceptors (Lipinski definition) is 2. The fourth-order valence-corrected chi connectivity index (χ4v) is 1.28. The Morgan fingerprint density at radius 2 is 2.50 bits per heavy atom. The second kappa shape index (κ2) is 3.44. The molecule has 1 N–H and O–H groups in total. The van der Waals surface area contributed by atoms with Crippen molar-refractivity contribution in [1.82, 2.24) is 5.32 Å². The molecule has 0 aliphatic carbocycles. The molecule has 0 bridgehead atoms. The van der Waals surface area contributed by atoms with E-state index in [4.69, 9.17) is 5.53 Å². The predicted molar refractivity (Wildman–Crippen MR) is 39.6 cm³/mol. The summed E-state index contributed by atoms with van der Waals surface area (Å²) in [6, 6.07) is 0.727. The van der Waals surface area contributed by atoms with Crippen molar-refractivity contribution in [3.05, 3.63) is 10.4 Å². The highest BCUT2D eigenvalue weighted by molar-refractivity contribution is 4.79. The van der Waals surface area contributed by atoms with Crippen molar-refractivity contribution in [1.29, 1.82) is 0 Å². The van der Waals surface area contributed by atoms with Crippen LogP contribution in [0.25, 0.3) is 10.4 Å². The molecule has 1 saturated heterocycles. The summed E-state index contributed by atoms with van der Waals surface area (Å²) in [5.41, 5.74) is 8.14. The van der Waals surface area contributed by atoms with Crippen LogP contribution in [0.15, 0.2) is 5.11 Å². The van der Waals surface area contributed by atoms with Crippen LogP contribution >= 0.6 is 0 Å². The Bertz CT molecular complexity index is 150. The first-order valence-electron chi connectivity index (χ1n) is 3.60. The fourth-order valence-electron chi connectivity index (χ4n) is 1.28. The summed E-state index contributed by atoms with van der Waals surface area (Å²) in [7, 11) is 0. The van der Waals surface area contributed by atoms with E-state index < -0.39 is 0 Å². The first-order chi connectivity index (χ1) is 4.83. The first kappa shape index (κ1) is 7.38. The van der Waals surface area contributed by atoms with Crippen LogP contribution in [-0.4, -0.2) is 18.6 Å².